The Kier molecular flexibility index (Phi) is 8.87. The van der Waals surface area contributed by atoms with Gasteiger partial charge >= 0.3 is 0 Å². The van der Waals surface area contributed by atoms with E-state index in [1.165, 1.54) is 12.0 Å². The van der Waals surface area contributed by atoms with E-state index in [-0.39, 0.29) is 18.5 Å². The van der Waals surface area contributed by atoms with Crippen molar-refractivity contribution in [2.24, 2.45) is 0 Å². The van der Waals surface area contributed by atoms with Crippen LogP contribution in [0.25, 0.3) is 0 Å². The molecule has 2 rings (SSSR count). The van der Waals surface area contributed by atoms with Crippen molar-refractivity contribution in [2.45, 2.75) is 46.3 Å². The lowest BCUT2D eigenvalue weighted by atomic mass is 10.1. The third-order valence-corrected chi connectivity index (χ3v) is 6.19. The Bertz CT molecular complexity index is 1090. The predicted molar refractivity (Wildman–Crippen MR) is 130 cm³/mol. The van der Waals surface area contributed by atoms with Crippen LogP contribution in [0.15, 0.2) is 48.5 Å². The molecule has 8 nitrogen and oxygen atoms in total. The lowest BCUT2D eigenvalue weighted by molar-refractivity contribution is -0.139. The normalized spacial score (nSPS) is 12.2. The molecule has 0 aliphatic heterocycles. The van der Waals surface area contributed by atoms with Gasteiger partial charge in [0.1, 0.15) is 18.3 Å². The molecule has 33 heavy (non-hydrogen) atoms. The van der Waals surface area contributed by atoms with Crippen LogP contribution in [-0.2, 0) is 26.2 Å². The van der Waals surface area contributed by atoms with Gasteiger partial charge in [-0.1, -0.05) is 35.9 Å². The molecule has 0 aromatic heterocycles. The number of aryl methyl sites for hydroxylation is 1. The number of anilines is 1. The number of methoxy groups -OCH3 is 1. The van der Waals surface area contributed by atoms with Gasteiger partial charge in [-0.2, -0.15) is 0 Å². The van der Waals surface area contributed by atoms with Gasteiger partial charge in [0, 0.05) is 18.7 Å². The summed E-state index contributed by atoms with van der Waals surface area (Å²) in [5.41, 5.74) is 2.17. The first-order valence-corrected chi connectivity index (χ1v) is 12.5. The third-order valence-electron chi connectivity index (χ3n) is 5.05. The van der Waals surface area contributed by atoms with Crippen molar-refractivity contribution in [1.29, 1.82) is 0 Å². The van der Waals surface area contributed by atoms with E-state index in [2.05, 4.69) is 5.32 Å². The highest BCUT2D eigenvalue weighted by atomic mass is 32.2. The van der Waals surface area contributed by atoms with E-state index in [0.717, 1.165) is 21.7 Å². The van der Waals surface area contributed by atoms with E-state index < -0.39 is 28.5 Å². The van der Waals surface area contributed by atoms with Crippen molar-refractivity contribution in [2.75, 3.05) is 24.2 Å². The van der Waals surface area contributed by atoms with E-state index in [0.29, 0.717) is 11.4 Å². The second-order valence-electron chi connectivity index (χ2n) is 8.32. The summed E-state index contributed by atoms with van der Waals surface area (Å²) in [6, 6.07) is 13.2. The number of carbonyl (C=O) groups excluding carboxylic acids is 2. The molecule has 180 valence electrons. The number of amides is 2. The summed E-state index contributed by atoms with van der Waals surface area (Å²) in [6.45, 7) is 6.98. The average Bonchev–Trinajstić information content (AvgIpc) is 2.74. The number of benzene rings is 2. The maximum absolute atomic E-state index is 13.5. The summed E-state index contributed by atoms with van der Waals surface area (Å²) in [7, 11) is -2.31. The highest BCUT2D eigenvalue weighted by Crippen LogP contribution is 2.23. The average molecular weight is 476 g/mol. The Morgan fingerprint density at radius 3 is 2.30 bits per heavy atom. The molecule has 2 aromatic carbocycles. The van der Waals surface area contributed by atoms with Crippen molar-refractivity contribution < 1.29 is 22.7 Å². The van der Waals surface area contributed by atoms with Gasteiger partial charge in [0.25, 0.3) is 0 Å². The number of hydrogen-bond donors (Lipinski definition) is 1. The number of ether oxygens (including phenoxy) is 1. The molecule has 0 spiro atoms. The second-order valence-corrected chi connectivity index (χ2v) is 10.2. The lowest BCUT2D eigenvalue weighted by Gasteiger charge is -2.32. The standard InChI is InChI=1S/C24H33N3O5S/c1-17(2)25-24(29)19(4)26(15-20-10-7-9-18(3)13-20)23(28)16-27(33(6,30)31)21-11-8-12-22(14-21)32-5/h7-14,17,19H,15-16H2,1-6H3,(H,25,29)/t19-/m0/s1. The minimum absolute atomic E-state index is 0.0971. The summed E-state index contributed by atoms with van der Waals surface area (Å²) in [4.78, 5) is 27.6. The number of nitrogens with zero attached hydrogens (tertiary/aromatic N) is 2. The van der Waals surface area contributed by atoms with Crippen molar-refractivity contribution in [3.05, 3.63) is 59.7 Å². The van der Waals surface area contributed by atoms with Gasteiger partial charge in [0.15, 0.2) is 0 Å². The predicted octanol–water partition coefficient (Wildman–Crippen LogP) is 2.71. The van der Waals surface area contributed by atoms with E-state index in [9.17, 15) is 18.0 Å². The number of carbonyl (C=O) groups is 2. The first-order valence-electron chi connectivity index (χ1n) is 10.7. The van der Waals surface area contributed by atoms with Crippen LogP contribution >= 0.6 is 0 Å². The number of nitrogens with one attached hydrogen (secondary N) is 1. The van der Waals surface area contributed by atoms with Gasteiger partial charge in [-0.25, -0.2) is 8.42 Å². The molecule has 1 atom stereocenters. The fraction of sp³-hybridized carbons (Fsp3) is 0.417. The Balaban J connectivity index is 2.40. The zero-order chi connectivity index (χ0) is 24.8. The maximum atomic E-state index is 13.5. The summed E-state index contributed by atoms with van der Waals surface area (Å²) in [5.74, 6) is -0.329. The zero-order valence-corrected chi connectivity index (χ0v) is 20.8. The van der Waals surface area contributed by atoms with Crippen LogP contribution in [0.4, 0.5) is 5.69 Å². The van der Waals surface area contributed by atoms with Crippen LogP contribution < -0.4 is 14.4 Å². The molecule has 9 heteroatoms. The first kappa shape index (κ1) is 26.2. The molecule has 0 heterocycles. The molecule has 0 saturated carbocycles. The molecule has 1 N–H and O–H groups in total. The fourth-order valence-corrected chi connectivity index (χ4v) is 4.22. The van der Waals surface area contributed by atoms with Gasteiger partial charge in [-0.05, 0) is 45.4 Å². The van der Waals surface area contributed by atoms with Gasteiger partial charge < -0.3 is 15.0 Å². The minimum Gasteiger partial charge on any atom is -0.497 e. The molecule has 0 bridgehead atoms. The molecule has 0 saturated heterocycles. The molecule has 0 aliphatic rings. The first-order chi connectivity index (χ1) is 15.4. The second kappa shape index (κ2) is 11.2. The van der Waals surface area contributed by atoms with Gasteiger partial charge in [-0.3, -0.25) is 13.9 Å². The van der Waals surface area contributed by atoms with Crippen LogP contribution in [0.3, 0.4) is 0 Å². The SMILES string of the molecule is COc1cccc(N(CC(=O)N(Cc2cccc(C)c2)[C@@H](C)C(=O)NC(C)C)S(C)(=O)=O)c1. The van der Waals surface area contributed by atoms with E-state index in [4.69, 9.17) is 4.74 Å². The number of rotatable bonds is 10. The van der Waals surface area contributed by atoms with Gasteiger partial charge in [0.2, 0.25) is 21.8 Å². The molecule has 0 unspecified atom stereocenters. The monoisotopic (exact) mass is 475 g/mol. The van der Waals surface area contributed by atoms with Crippen LogP contribution in [0, 0.1) is 6.92 Å². The summed E-state index contributed by atoms with van der Waals surface area (Å²) < 4.78 is 31.4. The highest BCUT2D eigenvalue weighted by molar-refractivity contribution is 7.92. The fourth-order valence-electron chi connectivity index (χ4n) is 3.37. The minimum atomic E-state index is -3.79. The quantitative estimate of drug-likeness (QED) is 0.570. The van der Waals surface area contributed by atoms with Crippen molar-refractivity contribution in [3.63, 3.8) is 0 Å². The van der Waals surface area contributed by atoms with Crippen LogP contribution in [0.1, 0.15) is 31.9 Å². The lowest BCUT2D eigenvalue weighted by Crippen LogP contribution is -2.52. The summed E-state index contributed by atoms with van der Waals surface area (Å²) in [5, 5.41) is 2.82. The van der Waals surface area contributed by atoms with Gasteiger partial charge in [0.05, 0.1) is 19.1 Å². The number of sulfonamides is 1. The molecule has 2 aromatic rings. The van der Waals surface area contributed by atoms with E-state index >= 15 is 0 Å². The van der Waals surface area contributed by atoms with E-state index in [1.54, 1.807) is 31.2 Å². The van der Waals surface area contributed by atoms with Gasteiger partial charge in [-0.15, -0.1) is 0 Å². The Morgan fingerprint density at radius 1 is 1.06 bits per heavy atom. The molecular weight excluding hydrogens is 442 g/mol. The summed E-state index contributed by atoms with van der Waals surface area (Å²) in [6.07, 6.45) is 1.04. The molecule has 0 aliphatic carbocycles. The summed E-state index contributed by atoms with van der Waals surface area (Å²) >= 11 is 0. The number of hydrogen-bond acceptors (Lipinski definition) is 5. The topological polar surface area (TPSA) is 96.0 Å². The van der Waals surface area contributed by atoms with Crippen LogP contribution in [0.2, 0.25) is 0 Å². The van der Waals surface area contributed by atoms with Crippen molar-refractivity contribution in [1.82, 2.24) is 10.2 Å². The molecular formula is C24H33N3O5S. The van der Waals surface area contributed by atoms with Crippen molar-refractivity contribution >= 4 is 27.5 Å². The zero-order valence-electron chi connectivity index (χ0n) is 20.0. The Morgan fingerprint density at radius 2 is 1.73 bits per heavy atom. The molecule has 0 fully saturated rings. The van der Waals surface area contributed by atoms with Crippen molar-refractivity contribution in [3.8, 4) is 5.75 Å². The van der Waals surface area contributed by atoms with E-state index in [1.807, 2.05) is 45.0 Å². The maximum Gasteiger partial charge on any atom is 0.244 e. The molecule has 0 radical (unpaired) electrons. The third kappa shape index (κ3) is 7.49. The van der Waals surface area contributed by atoms with Crippen LogP contribution in [-0.4, -0.2) is 57.1 Å². The highest BCUT2D eigenvalue weighted by Gasteiger charge is 2.30. The molecule has 2 amide bonds. The smallest absolute Gasteiger partial charge is 0.244 e. The Labute approximate surface area is 196 Å². The van der Waals surface area contributed by atoms with Crippen LogP contribution in [0.5, 0.6) is 5.75 Å². The Hall–Kier alpha value is -3.07. The largest absolute Gasteiger partial charge is 0.497 e.